The van der Waals surface area contributed by atoms with Crippen molar-refractivity contribution in [2.24, 2.45) is 0 Å². The fourth-order valence-electron chi connectivity index (χ4n) is 3.65. The second-order valence-electron chi connectivity index (χ2n) is 9.90. The molecule has 0 saturated carbocycles. The fourth-order valence-corrected chi connectivity index (χ4v) is 3.96. The number of hydrogen-bond acceptors (Lipinski definition) is 12. The third-order valence-electron chi connectivity index (χ3n) is 6.04. The molecule has 0 spiro atoms. The average Bonchev–Trinajstić information content (AvgIpc) is 3.05. The molecule has 0 amide bonds. The molecule has 0 unspecified atom stereocenters. The summed E-state index contributed by atoms with van der Waals surface area (Å²) in [5.41, 5.74) is 0. The second kappa shape index (κ2) is 41.8. The van der Waals surface area contributed by atoms with Crippen molar-refractivity contribution >= 4 is 28.6 Å². The first-order chi connectivity index (χ1) is 22.3. The van der Waals surface area contributed by atoms with Crippen molar-refractivity contribution < 1.29 is 56.9 Å². The van der Waals surface area contributed by atoms with Crippen LogP contribution in [0.2, 0.25) is 0 Å². The molecule has 0 aliphatic rings. The van der Waals surface area contributed by atoms with Crippen LogP contribution in [0, 0.1) is 0 Å². The highest BCUT2D eigenvalue weighted by Crippen LogP contribution is 2.08. The zero-order chi connectivity index (χ0) is 32.6. The molecule has 0 aromatic heterocycles. The zero-order valence-electron chi connectivity index (χ0n) is 28.0. The van der Waals surface area contributed by atoms with Gasteiger partial charge in [0.05, 0.1) is 132 Å². The van der Waals surface area contributed by atoms with E-state index >= 15 is 0 Å². The summed E-state index contributed by atoms with van der Waals surface area (Å²) in [5.74, 6) is -0.139. The molecule has 0 saturated heterocycles. The number of carbonyl (C=O) groups excluding carboxylic acids is 1. The maximum atomic E-state index is 11.7. The molecule has 0 fully saturated rings. The summed E-state index contributed by atoms with van der Waals surface area (Å²) in [7, 11) is 0. The van der Waals surface area contributed by atoms with Crippen LogP contribution < -0.4 is 0 Å². The third kappa shape index (κ3) is 41.8. The molecule has 270 valence electrons. The molecule has 0 aliphatic heterocycles. The molecule has 0 atom stereocenters. The highest BCUT2D eigenvalue weighted by atomic mass is 127. The predicted molar refractivity (Wildman–Crippen MR) is 181 cm³/mol. The van der Waals surface area contributed by atoms with Crippen molar-refractivity contribution in [2.45, 2.75) is 58.3 Å². The summed E-state index contributed by atoms with van der Waals surface area (Å²) in [6.07, 6.45) is 8.81. The molecule has 0 N–H and O–H groups in total. The Labute approximate surface area is 286 Å². The minimum Gasteiger partial charge on any atom is -0.463 e. The maximum Gasteiger partial charge on any atom is 0.305 e. The Kier molecular flexibility index (Phi) is 41.6. The molecule has 0 rings (SSSR count). The number of alkyl halides is 1. The van der Waals surface area contributed by atoms with Gasteiger partial charge < -0.3 is 52.1 Å². The molecule has 0 bridgehead atoms. The van der Waals surface area contributed by atoms with Crippen molar-refractivity contribution in [2.75, 3.05) is 143 Å². The summed E-state index contributed by atoms with van der Waals surface area (Å²) in [5, 5.41) is 0. The minimum absolute atomic E-state index is 0.139. The standard InChI is InChI=1S/C32H63IO12/c1-2-3-4-5-6-7-8-9-32(34)45-31-30-44-29-28-43-27-26-42-25-24-41-23-22-40-21-20-39-19-18-38-17-16-37-15-14-36-13-12-35-11-10-33/h2-31H2,1H3. The number of carbonyl (C=O) groups is 1. The molecule has 0 heterocycles. The van der Waals surface area contributed by atoms with Gasteiger partial charge in [0.1, 0.15) is 6.61 Å². The summed E-state index contributed by atoms with van der Waals surface area (Å²) < 4.78 is 60.6. The Morgan fingerprint density at radius 3 is 0.956 bits per heavy atom. The largest absolute Gasteiger partial charge is 0.463 e. The third-order valence-corrected chi connectivity index (χ3v) is 6.49. The molecule has 13 heteroatoms. The Bertz CT molecular complexity index is 562. The van der Waals surface area contributed by atoms with E-state index < -0.39 is 0 Å². The molecule has 0 aromatic carbocycles. The van der Waals surface area contributed by atoms with E-state index in [0.29, 0.717) is 132 Å². The second-order valence-corrected chi connectivity index (χ2v) is 11.0. The van der Waals surface area contributed by atoms with Gasteiger partial charge in [-0.05, 0) is 6.42 Å². The Morgan fingerprint density at radius 2 is 0.644 bits per heavy atom. The molecule has 0 radical (unpaired) electrons. The van der Waals surface area contributed by atoms with Gasteiger partial charge in [0, 0.05) is 10.8 Å². The molecule has 12 nitrogen and oxygen atoms in total. The van der Waals surface area contributed by atoms with Gasteiger partial charge in [0.25, 0.3) is 0 Å². The van der Waals surface area contributed by atoms with E-state index in [2.05, 4.69) is 29.5 Å². The first kappa shape index (κ1) is 44.8. The van der Waals surface area contributed by atoms with Gasteiger partial charge >= 0.3 is 5.97 Å². The lowest BCUT2D eigenvalue weighted by molar-refractivity contribution is -0.145. The lowest BCUT2D eigenvalue weighted by Crippen LogP contribution is -2.15. The van der Waals surface area contributed by atoms with Crippen LogP contribution in [0.3, 0.4) is 0 Å². The first-order valence-electron chi connectivity index (χ1n) is 16.8. The normalized spacial score (nSPS) is 11.4. The maximum absolute atomic E-state index is 11.7. The predicted octanol–water partition coefficient (Wildman–Crippen LogP) is 4.27. The van der Waals surface area contributed by atoms with Crippen molar-refractivity contribution in [3.8, 4) is 0 Å². The van der Waals surface area contributed by atoms with E-state index in [0.717, 1.165) is 23.9 Å². The summed E-state index contributed by atoms with van der Waals surface area (Å²) in [4.78, 5) is 11.7. The minimum atomic E-state index is -0.139. The molecule has 45 heavy (non-hydrogen) atoms. The number of rotatable bonds is 40. The van der Waals surface area contributed by atoms with Crippen LogP contribution in [0.4, 0.5) is 0 Å². The van der Waals surface area contributed by atoms with Crippen molar-refractivity contribution in [3.63, 3.8) is 0 Å². The Morgan fingerprint density at radius 1 is 0.378 bits per heavy atom. The SMILES string of the molecule is CCCCCCCCCC(=O)OCCOCCOCCOCCOCCOCCOCCOCCOCCOCCOCCI. The van der Waals surface area contributed by atoms with Crippen LogP contribution in [0.15, 0.2) is 0 Å². The van der Waals surface area contributed by atoms with Crippen molar-refractivity contribution in [1.29, 1.82) is 0 Å². The Balaban J connectivity index is 3.09. The van der Waals surface area contributed by atoms with E-state index in [4.69, 9.17) is 52.1 Å². The zero-order valence-corrected chi connectivity index (χ0v) is 30.1. The van der Waals surface area contributed by atoms with E-state index in [1.165, 1.54) is 32.1 Å². The lowest BCUT2D eigenvalue weighted by atomic mass is 10.1. The number of esters is 1. The Hall–Kier alpha value is -0.200. The topological polar surface area (TPSA) is 119 Å². The first-order valence-corrected chi connectivity index (χ1v) is 18.3. The van der Waals surface area contributed by atoms with Gasteiger partial charge in [-0.1, -0.05) is 68.0 Å². The molecular weight excluding hydrogens is 703 g/mol. The van der Waals surface area contributed by atoms with Crippen LogP contribution >= 0.6 is 22.6 Å². The number of hydrogen-bond donors (Lipinski definition) is 0. The van der Waals surface area contributed by atoms with Gasteiger partial charge in [0.15, 0.2) is 0 Å². The van der Waals surface area contributed by atoms with Gasteiger partial charge in [-0.15, -0.1) is 0 Å². The smallest absolute Gasteiger partial charge is 0.305 e. The van der Waals surface area contributed by atoms with E-state index in [1.807, 2.05) is 0 Å². The van der Waals surface area contributed by atoms with Crippen LogP contribution in [-0.4, -0.2) is 149 Å². The highest BCUT2D eigenvalue weighted by Gasteiger charge is 2.03. The summed E-state index contributed by atoms with van der Waals surface area (Å²) >= 11 is 2.28. The van der Waals surface area contributed by atoms with E-state index in [9.17, 15) is 4.79 Å². The quantitative estimate of drug-likeness (QED) is 0.0384. The van der Waals surface area contributed by atoms with Crippen LogP contribution in [0.25, 0.3) is 0 Å². The van der Waals surface area contributed by atoms with Crippen LogP contribution in [-0.2, 0) is 56.9 Å². The van der Waals surface area contributed by atoms with E-state index in [1.54, 1.807) is 0 Å². The van der Waals surface area contributed by atoms with E-state index in [-0.39, 0.29) is 12.6 Å². The van der Waals surface area contributed by atoms with Gasteiger partial charge in [0.2, 0.25) is 0 Å². The number of halogens is 1. The molecule has 0 aromatic rings. The summed E-state index contributed by atoms with van der Waals surface area (Å²) in [6, 6.07) is 0. The van der Waals surface area contributed by atoms with Crippen LogP contribution in [0.5, 0.6) is 0 Å². The number of unbranched alkanes of at least 4 members (excludes halogenated alkanes) is 6. The molecular formula is C32H63IO12. The average molecular weight is 767 g/mol. The van der Waals surface area contributed by atoms with Gasteiger partial charge in [-0.2, -0.15) is 0 Å². The number of ether oxygens (including phenoxy) is 11. The van der Waals surface area contributed by atoms with Crippen molar-refractivity contribution in [3.05, 3.63) is 0 Å². The van der Waals surface area contributed by atoms with Crippen molar-refractivity contribution in [1.82, 2.24) is 0 Å². The van der Waals surface area contributed by atoms with Gasteiger partial charge in [-0.25, -0.2) is 0 Å². The van der Waals surface area contributed by atoms with Crippen LogP contribution in [0.1, 0.15) is 58.3 Å². The van der Waals surface area contributed by atoms with Gasteiger partial charge in [-0.3, -0.25) is 4.79 Å². The highest BCUT2D eigenvalue weighted by molar-refractivity contribution is 14.1. The lowest BCUT2D eigenvalue weighted by Gasteiger charge is -2.09. The fraction of sp³-hybridized carbons (Fsp3) is 0.969. The summed E-state index contributed by atoms with van der Waals surface area (Å²) in [6.45, 7) is 13.0. The molecule has 0 aliphatic carbocycles. The monoisotopic (exact) mass is 766 g/mol.